The van der Waals surface area contributed by atoms with Crippen molar-refractivity contribution in [3.8, 4) is 0 Å². The summed E-state index contributed by atoms with van der Waals surface area (Å²) in [5, 5.41) is 0.843. The molecule has 0 spiro atoms. The van der Waals surface area contributed by atoms with Crippen LogP contribution in [0.2, 0.25) is 0 Å². The fraction of sp³-hybridized carbons (Fsp3) is 0.375. The Morgan fingerprint density at radius 1 is 1.32 bits per heavy atom. The lowest BCUT2D eigenvalue weighted by molar-refractivity contribution is 0.617. The van der Waals surface area contributed by atoms with Crippen molar-refractivity contribution >= 4 is 23.4 Å². The molecule has 0 bridgehead atoms. The third-order valence-electron chi connectivity index (χ3n) is 3.83. The second-order valence-electron chi connectivity index (χ2n) is 5.35. The van der Waals surface area contributed by atoms with E-state index in [2.05, 4.69) is 21.8 Å². The summed E-state index contributed by atoms with van der Waals surface area (Å²) in [6.07, 6.45) is 0.802. The molecule has 0 radical (unpaired) electrons. The van der Waals surface area contributed by atoms with Gasteiger partial charge >= 0.3 is 0 Å². The number of aryl methyl sites for hydroxylation is 1. The number of nitrogen functional groups attached to an aromatic ring is 1. The van der Waals surface area contributed by atoms with Crippen molar-refractivity contribution in [2.45, 2.75) is 31.8 Å². The molecule has 0 aliphatic carbocycles. The molecule has 1 aromatic carbocycles. The van der Waals surface area contributed by atoms with Crippen LogP contribution in [0.1, 0.15) is 23.7 Å². The molecule has 4 nitrogen and oxygen atoms in total. The van der Waals surface area contributed by atoms with Crippen molar-refractivity contribution in [2.75, 3.05) is 22.9 Å². The Kier molecular flexibility index (Phi) is 4.20. The number of hydrogen-bond acceptors (Lipinski definition) is 5. The van der Waals surface area contributed by atoms with Gasteiger partial charge in [-0.2, -0.15) is 0 Å². The van der Waals surface area contributed by atoms with E-state index in [0.29, 0.717) is 18.2 Å². The number of rotatable bonds is 3. The molecule has 0 atom stereocenters. The highest BCUT2D eigenvalue weighted by molar-refractivity contribution is 7.99. The molecule has 22 heavy (non-hydrogen) atoms. The zero-order valence-electron chi connectivity index (χ0n) is 12.8. The molecule has 2 aromatic rings. The normalized spacial score (nSPS) is 14.0. The molecule has 0 amide bonds. The van der Waals surface area contributed by atoms with Crippen LogP contribution in [-0.2, 0) is 13.0 Å². The van der Waals surface area contributed by atoms with Gasteiger partial charge in [0.1, 0.15) is 10.8 Å². The zero-order chi connectivity index (χ0) is 15.7. The van der Waals surface area contributed by atoms with E-state index in [1.165, 1.54) is 6.07 Å². The van der Waals surface area contributed by atoms with Crippen molar-refractivity contribution in [3.63, 3.8) is 0 Å². The minimum Gasteiger partial charge on any atom is -0.395 e. The standard InChI is InChI=1S/C16H19FN4S/c1-3-22-15-14(18)10(2)19-16(20-15)21-7-6-11-8-13(17)5-4-12(11)9-21/h4-5,8H,3,6-7,9,18H2,1-2H3. The van der Waals surface area contributed by atoms with E-state index in [1.54, 1.807) is 17.8 Å². The molecule has 1 aliphatic rings. The molecule has 1 aliphatic heterocycles. The van der Waals surface area contributed by atoms with Crippen LogP contribution in [0.3, 0.4) is 0 Å². The monoisotopic (exact) mass is 318 g/mol. The first-order valence-electron chi connectivity index (χ1n) is 7.37. The molecule has 0 fully saturated rings. The molecule has 3 rings (SSSR count). The summed E-state index contributed by atoms with van der Waals surface area (Å²) in [7, 11) is 0. The van der Waals surface area contributed by atoms with Gasteiger partial charge in [-0.1, -0.05) is 13.0 Å². The number of aromatic nitrogens is 2. The highest BCUT2D eigenvalue weighted by atomic mass is 32.2. The van der Waals surface area contributed by atoms with E-state index in [1.807, 2.05) is 13.0 Å². The van der Waals surface area contributed by atoms with Crippen LogP contribution in [0.4, 0.5) is 16.0 Å². The lowest BCUT2D eigenvalue weighted by atomic mass is 10.00. The Balaban J connectivity index is 1.91. The van der Waals surface area contributed by atoms with E-state index >= 15 is 0 Å². The van der Waals surface area contributed by atoms with E-state index in [9.17, 15) is 4.39 Å². The minimum atomic E-state index is -0.173. The van der Waals surface area contributed by atoms with Crippen LogP contribution in [0, 0.1) is 12.7 Å². The first kappa shape index (κ1) is 15.1. The van der Waals surface area contributed by atoms with Gasteiger partial charge < -0.3 is 10.6 Å². The second-order valence-corrected chi connectivity index (χ2v) is 6.60. The number of nitrogens with two attached hydrogens (primary N) is 1. The third-order valence-corrected chi connectivity index (χ3v) is 4.71. The highest BCUT2D eigenvalue weighted by Gasteiger charge is 2.20. The summed E-state index contributed by atoms with van der Waals surface area (Å²) in [4.78, 5) is 11.3. The summed E-state index contributed by atoms with van der Waals surface area (Å²) >= 11 is 1.63. The number of anilines is 2. The topological polar surface area (TPSA) is 55.0 Å². The number of halogens is 1. The SMILES string of the molecule is CCSc1nc(N2CCc3cc(F)ccc3C2)nc(C)c1N. The van der Waals surface area contributed by atoms with E-state index in [-0.39, 0.29) is 5.82 Å². The number of nitrogens with zero attached hydrogens (tertiary/aromatic N) is 3. The maximum absolute atomic E-state index is 13.3. The van der Waals surface area contributed by atoms with Gasteiger partial charge in [0.25, 0.3) is 0 Å². The van der Waals surface area contributed by atoms with Gasteiger partial charge in [0.2, 0.25) is 5.95 Å². The van der Waals surface area contributed by atoms with Gasteiger partial charge in [-0.25, -0.2) is 14.4 Å². The Labute approximate surface area is 133 Å². The van der Waals surface area contributed by atoms with Crippen LogP contribution in [0.15, 0.2) is 23.2 Å². The van der Waals surface area contributed by atoms with Crippen molar-refractivity contribution in [3.05, 3.63) is 40.8 Å². The van der Waals surface area contributed by atoms with Crippen LogP contribution in [0.5, 0.6) is 0 Å². The molecule has 0 saturated heterocycles. The molecular formula is C16H19FN4S. The summed E-state index contributed by atoms with van der Waals surface area (Å²) in [6.45, 7) is 5.48. The van der Waals surface area contributed by atoms with E-state index < -0.39 is 0 Å². The van der Waals surface area contributed by atoms with Gasteiger partial charge in [0.05, 0.1) is 11.4 Å². The first-order valence-corrected chi connectivity index (χ1v) is 8.36. The predicted octanol–water partition coefficient (Wildman–Crippen LogP) is 3.18. The predicted molar refractivity (Wildman–Crippen MR) is 88.7 cm³/mol. The first-order chi connectivity index (χ1) is 10.6. The Morgan fingerprint density at radius 2 is 2.14 bits per heavy atom. The molecule has 2 heterocycles. The van der Waals surface area contributed by atoms with Crippen molar-refractivity contribution in [1.82, 2.24) is 9.97 Å². The lowest BCUT2D eigenvalue weighted by Gasteiger charge is -2.29. The van der Waals surface area contributed by atoms with Crippen LogP contribution in [-0.4, -0.2) is 22.3 Å². The van der Waals surface area contributed by atoms with E-state index in [4.69, 9.17) is 5.73 Å². The maximum Gasteiger partial charge on any atom is 0.227 e. The Bertz CT molecular complexity index is 705. The number of benzene rings is 1. The summed E-state index contributed by atoms with van der Waals surface area (Å²) in [5.74, 6) is 1.45. The quantitative estimate of drug-likeness (QED) is 0.696. The minimum absolute atomic E-state index is 0.173. The summed E-state index contributed by atoms with van der Waals surface area (Å²) in [5.41, 5.74) is 9.74. The fourth-order valence-electron chi connectivity index (χ4n) is 2.62. The number of thioether (sulfide) groups is 1. The average molecular weight is 318 g/mol. The summed E-state index contributed by atoms with van der Waals surface area (Å²) < 4.78 is 13.3. The van der Waals surface area contributed by atoms with E-state index in [0.717, 1.165) is 40.6 Å². The molecule has 6 heteroatoms. The average Bonchev–Trinajstić information content (AvgIpc) is 2.51. The van der Waals surface area contributed by atoms with Crippen LogP contribution < -0.4 is 10.6 Å². The van der Waals surface area contributed by atoms with Gasteiger partial charge in [0, 0.05) is 13.1 Å². The Hall–Kier alpha value is -1.82. The fourth-order valence-corrected chi connectivity index (χ4v) is 3.34. The molecule has 1 aromatic heterocycles. The molecule has 116 valence electrons. The van der Waals surface area contributed by atoms with Crippen LogP contribution in [0.25, 0.3) is 0 Å². The number of hydrogen-bond donors (Lipinski definition) is 1. The highest BCUT2D eigenvalue weighted by Crippen LogP contribution is 2.29. The third kappa shape index (κ3) is 2.88. The zero-order valence-corrected chi connectivity index (χ0v) is 13.6. The Morgan fingerprint density at radius 3 is 2.91 bits per heavy atom. The van der Waals surface area contributed by atoms with Gasteiger partial charge in [-0.3, -0.25) is 0 Å². The van der Waals surface area contributed by atoms with Crippen molar-refractivity contribution < 1.29 is 4.39 Å². The maximum atomic E-state index is 13.3. The summed E-state index contributed by atoms with van der Waals surface area (Å²) in [6, 6.07) is 4.98. The smallest absolute Gasteiger partial charge is 0.227 e. The van der Waals surface area contributed by atoms with Crippen molar-refractivity contribution in [2.24, 2.45) is 0 Å². The van der Waals surface area contributed by atoms with Gasteiger partial charge in [-0.05, 0) is 42.4 Å². The van der Waals surface area contributed by atoms with Crippen LogP contribution >= 0.6 is 11.8 Å². The van der Waals surface area contributed by atoms with Crippen molar-refractivity contribution in [1.29, 1.82) is 0 Å². The lowest BCUT2D eigenvalue weighted by Crippen LogP contribution is -2.32. The largest absolute Gasteiger partial charge is 0.395 e. The molecule has 0 unspecified atom stereocenters. The van der Waals surface area contributed by atoms with Gasteiger partial charge in [-0.15, -0.1) is 11.8 Å². The molecular weight excluding hydrogens is 299 g/mol. The number of fused-ring (bicyclic) bond motifs is 1. The van der Waals surface area contributed by atoms with Gasteiger partial charge in [0.15, 0.2) is 0 Å². The molecule has 2 N–H and O–H groups in total. The molecule has 0 saturated carbocycles. The second kappa shape index (κ2) is 6.12.